The highest BCUT2D eigenvalue weighted by Gasteiger charge is 1.74. The van der Waals surface area contributed by atoms with Gasteiger partial charge in [0.1, 0.15) is 5.83 Å². The monoisotopic (exact) mass is 166 g/mol. The molecule has 1 heteroatoms. The second-order valence-electron chi connectivity index (χ2n) is 2.35. The Hall–Kier alpha value is -1.11. The molecule has 0 atom stereocenters. The van der Waals surface area contributed by atoms with Crippen molar-refractivity contribution in [3.8, 4) is 0 Å². The fourth-order valence-corrected chi connectivity index (χ4v) is 0.659. The van der Waals surface area contributed by atoms with Crippen LogP contribution in [0.5, 0.6) is 0 Å². The SMILES string of the molecule is C=C(F)/C=C\C=C/C/C=C/CC. The van der Waals surface area contributed by atoms with Gasteiger partial charge >= 0.3 is 0 Å². The number of halogens is 1. The molecule has 12 heavy (non-hydrogen) atoms. The molecule has 0 aliphatic carbocycles. The zero-order valence-electron chi connectivity index (χ0n) is 7.46. The van der Waals surface area contributed by atoms with E-state index in [9.17, 15) is 4.39 Å². The molecular weight excluding hydrogens is 151 g/mol. The van der Waals surface area contributed by atoms with Crippen molar-refractivity contribution in [3.05, 3.63) is 48.9 Å². The summed E-state index contributed by atoms with van der Waals surface area (Å²) in [5.74, 6) is -0.413. The maximum atomic E-state index is 12.0. The highest BCUT2D eigenvalue weighted by Crippen LogP contribution is 1.94. The lowest BCUT2D eigenvalue weighted by Crippen LogP contribution is -1.59. The lowest BCUT2D eigenvalue weighted by atomic mass is 10.3. The van der Waals surface area contributed by atoms with Crippen LogP contribution >= 0.6 is 0 Å². The van der Waals surface area contributed by atoms with E-state index in [2.05, 4.69) is 25.7 Å². The van der Waals surface area contributed by atoms with Crippen LogP contribution in [-0.4, -0.2) is 0 Å². The Bertz CT molecular complexity index is 197. The fourth-order valence-electron chi connectivity index (χ4n) is 0.659. The minimum Gasteiger partial charge on any atom is -0.208 e. The van der Waals surface area contributed by atoms with Gasteiger partial charge in [-0.3, -0.25) is 0 Å². The summed E-state index contributed by atoms with van der Waals surface area (Å²) in [7, 11) is 0. The van der Waals surface area contributed by atoms with Crippen molar-refractivity contribution in [1.29, 1.82) is 0 Å². The zero-order valence-corrected chi connectivity index (χ0v) is 7.46. The summed E-state index contributed by atoms with van der Waals surface area (Å²) in [6.45, 7) is 5.19. The van der Waals surface area contributed by atoms with Crippen LogP contribution in [0, 0.1) is 0 Å². The van der Waals surface area contributed by atoms with Crippen molar-refractivity contribution in [3.63, 3.8) is 0 Å². The summed E-state index contributed by atoms with van der Waals surface area (Å²) in [5.41, 5.74) is 0. The zero-order chi connectivity index (χ0) is 9.23. The van der Waals surface area contributed by atoms with Crippen LogP contribution in [0.4, 0.5) is 4.39 Å². The average Bonchev–Trinajstić information content (AvgIpc) is 2.02. The van der Waals surface area contributed by atoms with Gasteiger partial charge in [0.15, 0.2) is 0 Å². The van der Waals surface area contributed by atoms with E-state index >= 15 is 0 Å². The van der Waals surface area contributed by atoms with Crippen LogP contribution in [0.3, 0.4) is 0 Å². The quantitative estimate of drug-likeness (QED) is 0.428. The summed E-state index contributed by atoms with van der Waals surface area (Å²) >= 11 is 0. The third-order valence-corrected chi connectivity index (χ3v) is 1.20. The van der Waals surface area contributed by atoms with E-state index in [0.29, 0.717) is 0 Å². The smallest absolute Gasteiger partial charge is 0.116 e. The molecule has 0 aliphatic rings. The Balaban J connectivity index is 3.50. The van der Waals surface area contributed by atoms with E-state index in [1.807, 2.05) is 12.2 Å². The predicted octanol–water partition coefficient (Wildman–Crippen LogP) is 3.94. The highest BCUT2D eigenvalue weighted by atomic mass is 19.1. The first-order valence-electron chi connectivity index (χ1n) is 4.10. The molecule has 0 amide bonds. The molecule has 0 radical (unpaired) electrons. The normalized spacial score (nSPS) is 12.2. The van der Waals surface area contributed by atoms with Gasteiger partial charge in [0, 0.05) is 0 Å². The summed E-state index contributed by atoms with van der Waals surface area (Å²) in [4.78, 5) is 0. The van der Waals surface area contributed by atoms with Gasteiger partial charge in [0.2, 0.25) is 0 Å². The lowest BCUT2D eigenvalue weighted by Gasteiger charge is -1.80. The van der Waals surface area contributed by atoms with Crippen molar-refractivity contribution < 1.29 is 4.39 Å². The molecule has 0 rings (SSSR count). The number of rotatable bonds is 5. The van der Waals surface area contributed by atoms with Crippen molar-refractivity contribution in [2.75, 3.05) is 0 Å². The standard InChI is InChI=1S/C11H15F/c1-3-4-5-6-7-8-9-10-11(2)12/h4-5,7-10H,2-3,6H2,1H3/b5-4+,8-7-,10-9-. The third kappa shape index (κ3) is 8.89. The number of allylic oxidation sites excluding steroid dienone is 7. The van der Waals surface area contributed by atoms with Gasteiger partial charge in [-0.2, -0.15) is 0 Å². The molecule has 0 bridgehead atoms. The molecule has 0 unspecified atom stereocenters. The van der Waals surface area contributed by atoms with Crippen LogP contribution < -0.4 is 0 Å². The molecule has 0 aliphatic heterocycles. The molecule has 0 N–H and O–H groups in total. The Labute approximate surface area is 73.8 Å². The molecule has 0 aromatic rings. The van der Waals surface area contributed by atoms with Gasteiger partial charge in [0.25, 0.3) is 0 Å². The molecule has 0 spiro atoms. The predicted molar refractivity (Wildman–Crippen MR) is 52.6 cm³/mol. The second-order valence-corrected chi connectivity index (χ2v) is 2.35. The van der Waals surface area contributed by atoms with E-state index in [1.54, 1.807) is 6.08 Å². The van der Waals surface area contributed by atoms with Crippen LogP contribution in [0.1, 0.15) is 19.8 Å². The first-order chi connectivity index (χ1) is 5.77. The van der Waals surface area contributed by atoms with Crippen LogP contribution in [0.25, 0.3) is 0 Å². The second kappa shape index (κ2) is 7.99. The van der Waals surface area contributed by atoms with E-state index in [0.717, 1.165) is 12.8 Å². The molecule has 0 saturated heterocycles. The average molecular weight is 166 g/mol. The van der Waals surface area contributed by atoms with Gasteiger partial charge in [-0.15, -0.1) is 0 Å². The Morgan fingerprint density at radius 2 is 2.00 bits per heavy atom. The van der Waals surface area contributed by atoms with Crippen molar-refractivity contribution in [2.24, 2.45) is 0 Å². The van der Waals surface area contributed by atoms with E-state index < -0.39 is 5.83 Å². The first kappa shape index (κ1) is 10.9. The highest BCUT2D eigenvalue weighted by molar-refractivity contribution is 5.14. The Morgan fingerprint density at radius 3 is 2.58 bits per heavy atom. The molecular formula is C11H15F. The van der Waals surface area contributed by atoms with E-state index in [1.165, 1.54) is 6.08 Å². The molecule has 0 aromatic carbocycles. The van der Waals surface area contributed by atoms with E-state index in [4.69, 9.17) is 0 Å². The molecule has 0 fully saturated rings. The van der Waals surface area contributed by atoms with Gasteiger partial charge in [-0.05, 0) is 18.9 Å². The van der Waals surface area contributed by atoms with Crippen LogP contribution in [0.2, 0.25) is 0 Å². The van der Waals surface area contributed by atoms with Gasteiger partial charge in [-0.1, -0.05) is 43.9 Å². The summed E-state index contributed by atoms with van der Waals surface area (Å²) < 4.78 is 12.0. The summed E-state index contributed by atoms with van der Waals surface area (Å²) in [6, 6.07) is 0. The van der Waals surface area contributed by atoms with Gasteiger partial charge < -0.3 is 0 Å². The van der Waals surface area contributed by atoms with Gasteiger partial charge in [0.05, 0.1) is 0 Å². The van der Waals surface area contributed by atoms with E-state index in [-0.39, 0.29) is 0 Å². The molecule has 0 aromatic heterocycles. The van der Waals surface area contributed by atoms with Gasteiger partial charge in [-0.25, -0.2) is 4.39 Å². The summed E-state index contributed by atoms with van der Waals surface area (Å²) in [6.07, 6.45) is 12.9. The number of hydrogen-bond acceptors (Lipinski definition) is 0. The molecule has 0 heterocycles. The van der Waals surface area contributed by atoms with Crippen molar-refractivity contribution in [1.82, 2.24) is 0 Å². The first-order valence-corrected chi connectivity index (χ1v) is 4.10. The fraction of sp³-hybridized carbons (Fsp3) is 0.273. The number of hydrogen-bond donors (Lipinski definition) is 0. The van der Waals surface area contributed by atoms with Crippen molar-refractivity contribution >= 4 is 0 Å². The minimum absolute atomic E-state index is 0.413. The largest absolute Gasteiger partial charge is 0.208 e. The molecule has 0 nitrogen and oxygen atoms in total. The topological polar surface area (TPSA) is 0 Å². The van der Waals surface area contributed by atoms with Crippen molar-refractivity contribution in [2.45, 2.75) is 19.8 Å². The third-order valence-electron chi connectivity index (χ3n) is 1.20. The molecule has 66 valence electrons. The summed E-state index contributed by atoms with van der Waals surface area (Å²) in [5, 5.41) is 0. The maximum absolute atomic E-state index is 12.0. The Kier molecular flexibility index (Phi) is 7.25. The minimum atomic E-state index is -0.413. The van der Waals surface area contributed by atoms with Crippen LogP contribution in [-0.2, 0) is 0 Å². The molecule has 0 saturated carbocycles. The van der Waals surface area contributed by atoms with Crippen LogP contribution in [0.15, 0.2) is 48.9 Å². The lowest BCUT2D eigenvalue weighted by molar-refractivity contribution is 0.671. The maximum Gasteiger partial charge on any atom is 0.116 e. The Morgan fingerprint density at radius 1 is 1.25 bits per heavy atom.